The zero-order chi connectivity index (χ0) is 23.6. The Morgan fingerprint density at radius 3 is 2.24 bits per heavy atom. The molecule has 5 heteroatoms. The minimum absolute atomic E-state index is 0.0897. The van der Waals surface area contributed by atoms with Crippen LogP contribution < -0.4 is 5.32 Å². The van der Waals surface area contributed by atoms with E-state index < -0.39 is 6.04 Å². The molecule has 172 valence electrons. The Morgan fingerprint density at radius 1 is 0.909 bits per heavy atom. The molecule has 0 unspecified atom stereocenters. The normalized spacial score (nSPS) is 11.6. The third-order valence-electron chi connectivity index (χ3n) is 5.69. The van der Waals surface area contributed by atoms with Crippen LogP contribution in [0.3, 0.4) is 0 Å². The van der Waals surface area contributed by atoms with E-state index >= 15 is 0 Å². The fourth-order valence-corrected chi connectivity index (χ4v) is 3.90. The largest absolute Gasteiger partial charge is 0.354 e. The number of benzene rings is 3. The van der Waals surface area contributed by atoms with Gasteiger partial charge in [-0.15, -0.1) is 0 Å². The molecule has 33 heavy (non-hydrogen) atoms. The van der Waals surface area contributed by atoms with Crippen LogP contribution in [0.2, 0.25) is 5.02 Å². The summed E-state index contributed by atoms with van der Waals surface area (Å²) in [6, 6.07) is 24.5. The maximum atomic E-state index is 13.6. The molecule has 3 aromatic rings. The lowest BCUT2D eigenvalue weighted by Gasteiger charge is -2.32. The molecule has 0 radical (unpaired) electrons. The summed E-state index contributed by atoms with van der Waals surface area (Å²) < 4.78 is 0. The van der Waals surface area contributed by atoms with Crippen molar-refractivity contribution in [1.29, 1.82) is 0 Å². The summed E-state index contributed by atoms with van der Waals surface area (Å²) in [6.07, 6.45) is 1.49. The topological polar surface area (TPSA) is 49.4 Å². The molecule has 0 bridgehead atoms. The van der Waals surface area contributed by atoms with Gasteiger partial charge in [-0.3, -0.25) is 9.59 Å². The van der Waals surface area contributed by atoms with Gasteiger partial charge >= 0.3 is 0 Å². The van der Waals surface area contributed by atoms with Gasteiger partial charge in [-0.2, -0.15) is 0 Å². The molecular weight excluding hydrogens is 432 g/mol. The zero-order valence-electron chi connectivity index (χ0n) is 19.3. The van der Waals surface area contributed by atoms with Gasteiger partial charge in [0, 0.05) is 24.5 Å². The first-order valence-corrected chi connectivity index (χ1v) is 11.8. The molecule has 1 atom stereocenters. The minimum atomic E-state index is -0.613. The highest BCUT2D eigenvalue weighted by Crippen LogP contribution is 2.19. The highest BCUT2D eigenvalue weighted by atomic mass is 35.5. The van der Waals surface area contributed by atoms with Crippen LogP contribution in [0.5, 0.6) is 0 Å². The van der Waals surface area contributed by atoms with E-state index in [-0.39, 0.29) is 18.2 Å². The molecule has 3 rings (SSSR count). The van der Waals surface area contributed by atoms with E-state index in [0.717, 1.165) is 28.7 Å². The second-order valence-electron chi connectivity index (χ2n) is 8.25. The Hall–Kier alpha value is -3.11. The highest BCUT2D eigenvalue weighted by molar-refractivity contribution is 6.30. The minimum Gasteiger partial charge on any atom is -0.354 e. The molecule has 0 spiro atoms. The number of rotatable bonds is 10. The van der Waals surface area contributed by atoms with Gasteiger partial charge in [0.15, 0.2) is 0 Å². The van der Waals surface area contributed by atoms with E-state index in [9.17, 15) is 9.59 Å². The maximum absolute atomic E-state index is 13.6. The Morgan fingerprint density at radius 2 is 1.58 bits per heavy atom. The molecule has 0 heterocycles. The lowest BCUT2D eigenvalue weighted by molar-refractivity contribution is -0.140. The van der Waals surface area contributed by atoms with Crippen LogP contribution in [0.15, 0.2) is 78.9 Å². The highest BCUT2D eigenvalue weighted by Gasteiger charge is 2.30. The van der Waals surface area contributed by atoms with Crippen LogP contribution in [-0.4, -0.2) is 29.3 Å². The number of hydrogen-bond donors (Lipinski definition) is 1. The van der Waals surface area contributed by atoms with Gasteiger partial charge in [0.2, 0.25) is 11.8 Å². The Bertz CT molecular complexity index is 1050. The van der Waals surface area contributed by atoms with Gasteiger partial charge in [0.1, 0.15) is 6.04 Å². The van der Waals surface area contributed by atoms with Gasteiger partial charge in [0.05, 0.1) is 6.42 Å². The first-order chi connectivity index (χ1) is 16.0. The maximum Gasteiger partial charge on any atom is 0.243 e. The van der Waals surface area contributed by atoms with Crippen molar-refractivity contribution < 1.29 is 9.59 Å². The van der Waals surface area contributed by atoms with Crippen LogP contribution in [0.4, 0.5) is 0 Å². The molecule has 0 fully saturated rings. The number of amides is 2. The number of aryl methyl sites for hydroxylation is 1. The number of nitrogens with one attached hydrogen (secondary N) is 1. The molecule has 0 saturated carbocycles. The number of halogens is 1. The van der Waals surface area contributed by atoms with E-state index in [0.29, 0.717) is 24.5 Å². The number of carbonyl (C=O) groups excluding carboxylic acids is 2. The van der Waals surface area contributed by atoms with Crippen molar-refractivity contribution in [1.82, 2.24) is 10.2 Å². The van der Waals surface area contributed by atoms with Gasteiger partial charge in [-0.05, 0) is 47.7 Å². The van der Waals surface area contributed by atoms with Crippen molar-refractivity contribution >= 4 is 23.4 Å². The summed E-state index contributed by atoms with van der Waals surface area (Å²) in [4.78, 5) is 28.7. The average Bonchev–Trinajstić information content (AvgIpc) is 2.83. The van der Waals surface area contributed by atoms with Gasteiger partial charge < -0.3 is 10.2 Å². The summed E-state index contributed by atoms with van der Waals surface area (Å²) in [7, 11) is 0. The Kier molecular flexibility index (Phi) is 9.08. The second-order valence-corrected chi connectivity index (χ2v) is 8.68. The van der Waals surface area contributed by atoms with E-state index in [1.165, 1.54) is 0 Å². The van der Waals surface area contributed by atoms with Crippen LogP contribution in [0.25, 0.3) is 0 Å². The smallest absolute Gasteiger partial charge is 0.243 e. The first-order valence-electron chi connectivity index (χ1n) is 11.4. The fourth-order valence-electron chi connectivity index (χ4n) is 3.77. The first kappa shape index (κ1) is 24.5. The van der Waals surface area contributed by atoms with E-state index in [1.807, 2.05) is 80.6 Å². The summed E-state index contributed by atoms with van der Waals surface area (Å²) in [5.41, 5.74) is 4.01. The predicted octanol–water partition coefficient (Wildman–Crippen LogP) is 5.36. The number of nitrogens with zero attached hydrogens (tertiary/aromatic N) is 1. The molecule has 0 aliphatic rings. The van der Waals surface area contributed by atoms with Crippen molar-refractivity contribution in [2.75, 3.05) is 6.54 Å². The van der Waals surface area contributed by atoms with E-state index in [1.54, 1.807) is 17.0 Å². The van der Waals surface area contributed by atoms with Crippen LogP contribution in [0.1, 0.15) is 35.6 Å². The standard InChI is InChI=1S/C28H31ClN2O2/c1-3-17-30-28(33)26(18-22-10-5-4-6-11-22)31(20-24-12-8-7-9-21(24)2)27(32)19-23-13-15-25(29)16-14-23/h4-16,26H,3,17-20H2,1-2H3,(H,30,33)/t26-/m1/s1. The molecule has 4 nitrogen and oxygen atoms in total. The molecule has 3 aromatic carbocycles. The zero-order valence-corrected chi connectivity index (χ0v) is 20.0. The molecule has 1 N–H and O–H groups in total. The van der Waals surface area contributed by atoms with Crippen molar-refractivity contribution in [3.63, 3.8) is 0 Å². The summed E-state index contributed by atoms with van der Waals surface area (Å²) in [5.74, 6) is -0.216. The molecular formula is C28H31ClN2O2. The van der Waals surface area contributed by atoms with Gasteiger partial charge in [-0.1, -0.05) is 85.3 Å². The third kappa shape index (κ3) is 7.19. The Balaban J connectivity index is 1.95. The van der Waals surface area contributed by atoms with Gasteiger partial charge in [-0.25, -0.2) is 0 Å². The summed E-state index contributed by atoms with van der Waals surface area (Å²) >= 11 is 6.02. The van der Waals surface area contributed by atoms with Crippen LogP contribution in [-0.2, 0) is 29.0 Å². The number of carbonyl (C=O) groups is 2. The SMILES string of the molecule is CCCNC(=O)[C@@H](Cc1ccccc1)N(Cc1ccccc1C)C(=O)Cc1ccc(Cl)cc1. The lowest BCUT2D eigenvalue weighted by Crippen LogP contribution is -2.51. The third-order valence-corrected chi connectivity index (χ3v) is 5.94. The molecule has 0 aromatic heterocycles. The second kappa shape index (κ2) is 12.2. The molecule has 0 aliphatic carbocycles. The molecule has 2 amide bonds. The van der Waals surface area contributed by atoms with E-state index in [4.69, 9.17) is 11.6 Å². The van der Waals surface area contributed by atoms with Crippen molar-refractivity contribution in [2.45, 2.75) is 45.7 Å². The van der Waals surface area contributed by atoms with Crippen molar-refractivity contribution in [2.24, 2.45) is 0 Å². The lowest BCUT2D eigenvalue weighted by atomic mass is 10.0. The Labute approximate surface area is 201 Å². The van der Waals surface area contributed by atoms with Crippen molar-refractivity contribution in [3.05, 3.63) is 106 Å². The van der Waals surface area contributed by atoms with Gasteiger partial charge in [0.25, 0.3) is 0 Å². The molecule has 0 aliphatic heterocycles. The number of hydrogen-bond acceptors (Lipinski definition) is 2. The van der Waals surface area contributed by atoms with Crippen LogP contribution >= 0.6 is 11.6 Å². The van der Waals surface area contributed by atoms with Crippen LogP contribution in [0, 0.1) is 6.92 Å². The predicted molar refractivity (Wildman–Crippen MR) is 134 cm³/mol. The summed E-state index contributed by atoms with van der Waals surface area (Å²) in [6.45, 7) is 4.99. The van der Waals surface area contributed by atoms with E-state index in [2.05, 4.69) is 5.32 Å². The fraction of sp³-hybridized carbons (Fsp3) is 0.286. The quantitative estimate of drug-likeness (QED) is 0.441. The van der Waals surface area contributed by atoms with Crippen molar-refractivity contribution in [3.8, 4) is 0 Å². The summed E-state index contributed by atoms with van der Waals surface area (Å²) in [5, 5.41) is 3.64. The molecule has 0 saturated heterocycles. The average molecular weight is 463 g/mol. The monoisotopic (exact) mass is 462 g/mol.